The number of aromatic nitrogens is 2. The molecular weight excluding hydrogens is 606 g/mol. The molecule has 2 saturated heterocycles. The van der Waals surface area contributed by atoms with E-state index in [1.165, 1.54) is 11.9 Å². The highest BCUT2D eigenvalue weighted by molar-refractivity contribution is 6.11. The number of nitrogens with one attached hydrogen (secondary N) is 1. The molecule has 12 nitrogen and oxygen atoms in total. The number of amides is 2. The highest BCUT2D eigenvalue weighted by Crippen LogP contribution is 2.42. The maximum Gasteiger partial charge on any atom is 0.237 e. The zero-order chi connectivity index (χ0) is 33.8. The highest BCUT2D eigenvalue weighted by atomic mass is 16.5. The molecule has 2 fully saturated rings. The average molecular weight is 648 g/mol. The van der Waals surface area contributed by atoms with Crippen LogP contribution in [0.25, 0.3) is 5.57 Å². The number of benzene rings is 1. The van der Waals surface area contributed by atoms with E-state index < -0.39 is 5.41 Å². The van der Waals surface area contributed by atoms with E-state index in [2.05, 4.69) is 25.9 Å². The van der Waals surface area contributed by atoms with E-state index in [9.17, 15) is 9.59 Å². The van der Waals surface area contributed by atoms with Crippen molar-refractivity contribution in [3.05, 3.63) is 88.8 Å². The van der Waals surface area contributed by atoms with Gasteiger partial charge in [-0.3, -0.25) is 29.8 Å². The molecule has 0 bridgehead atoms. The van der Waals surface area contributed by atoms with Crippen molar-refractivity contribution in [2.24, 2.45) is 21.1 Å². The van der Waals surface area contributed by atoms with Crippen molar-refractivity contribution >= 4 is 41.1 Å². The minimum Gasteiger partial charge on any atom is -0.481 e. The molecule has 0 saturated carbocycles. The van der Waals surface area contributed by atoms with Crippen LogP contribution in [-0.4, -0.2) is 103 Å². The topological polar surface area (TPSA) is 153 Å². The predicted molar refractivity (Wildman–Crippen MR) is 187 cm³/mol. The molecule has 1 aromatic carbocycles. The molecular formula is C36H41N9O3. The second-order valence-electron chi connectivity index (χ2n) is 12.5. The van der Waals surface area contributed by atoms with Crippen LogP contribution < -0.4 is 15.4 Å². The van der Waals surface area contributed by atoms with E-state index in [0.29, 0.717) is 80.9 Å². The smallest absolute Gasteiger partial charge is 0.237 e. The molecule has 12 heteroatoms. The van der Waals surface area contributed by atoms with Gasteiger partial charge in [0.05, 0.1) is 30.5 Å². The number of methoxy groups -OCH3 is 1. The third-order valence-electron chi connectivity index (χ3n) is 9.56. The molecule has 1 atom stereocenters. The molecule has 1 spiro atoms. The van der Waals surface area contributed by atoms with E-state index in [0.717, 1.165) is 23.1 Å². The molecule has 3 aromatic rings. The Balaban J connectivity index is 1.05. The second kappa shape index (κ2) is 13.9. The zero-order valence-electron chi connectivity index (χ0n) is 27.6. The molecule has 0 aliphatic carbocycles. The number of likely N-dealkylation sites (tertiary alicyclic amines) is 1. The number of aliphatic imine (C=N–C) groups is 2. The molecule has 0 radical (unpaired) electrons. The van der Waals surface area contributed by atoms with Gasteiger partial charge in [-0.25, -0.2) is 15.0 Å². The molecule has 5 heterocycles. The van der Waals surface area contributed by atoms with E-state index in [1.54, 1.807) is 37.4 Å². The monoisotopic (exact) mass is 647 g/mol. The van der Waals surface area contributed by atoms with Gasteiger partial charge in [-0.1, -0.05) is 36.4 Å². The van der Waals surface area contributed by atoms with Gasteiger partial charge in [0.2, 0.25) is 17.7 Å². The number of aryl methyl sites for hydroxylation is 1. The Labute approximate surface area is 280 Å². The van der Waals surface area contributed by atoms with Crippen molar-refractivity contribution in [3.63, 3.8) is 0 Å². The quantitative estimate of drug-likeness (QED) is 0.267. The van der Waals surface area contributed by atoms with Crippen LogP contribution in [0, 0.1) is 17.7 Å². The lowest BCUT2D eigenvalue weighted by Gasteiger charge is -2.29. The Morgan fingerprint density at radius 1 is 1.08 bits per heavy atom. The van der Waals surface area contributed by atoms with E-state index in [-0.39, 0.29) is 17.5 Å². The van der Waals surface area contributed by atoms with Gasteiger partial charge < -0.3 is 15.4 Å². The van der Waals surface area contributed by atoms with Crippen LogP contribution in [0.15, 0.2) is 70.8 Å². The number of pyridine rings is 2. The number of nitrogens with zero attached hydrogens (tertiary/aromatic N) is 7. The summed E-state index contributed by atoms with van der Waals surface area (Å²) in [4.78, 5) is 50.0. The van der Waals surface area contributed by atoms with Gasteiger partial charge in [-0.15, -0.1) is 0 Å². The summed E-state index contributed by atoms with van der Waals surface area (Å²) in [5, 5.41) is 8.78. The average Bonchev–Trinajstić information content (AvgIpc) is 3.68. The van der Waals surface area contributed by atoms with E-state index >= 15 is 0 Å². The Morgan fingerprint density at radius 2 is 1.85 bits per heavy atom. The molecule has 0 unspecified atom stereocenters. The summed E-state index contributed by atoms with van der Waals surface area (Å²) in [6.45, 7) is 5.22. The van der Waals surface area contributed by atoms with Crippen molar-refractivity contribution in [1.29, 1.82) is 5.41 Å². The van der Waals surface area contributed by atoms with Gasteiger partial charge in [-0.2, -0.15) is 0 Å². The first-order valence-electron chi connectivity index (χ1n) is 16.1. The molecule has 6 rings (SSSR count). The normalized spacial score (nSPS) is 20.2. The summed E-state index contributed by atoms with van der Waals surface area (Å²) < 4.78 is 5.14. The molecule has 3 N–H and O–H groups in total. The number of carbonyl (C=O) groups excluding carboxylic acids is 2. The number of ether oxygens (including phenoxy) is 1. The van der Waals surface area contributed by atoms with Crippen LogP contribution in [0.3, 0.4) is 0 Å². The van der Waals surface area contributed by atoms with Crippen LogP contribution >= 0.6 is 0 Å². The first-order valence-corrected chi connectivity index (χ1v) is 16.1. The number of carbonyl (C=O) groups is 2. The van der Waals surface area contributed by atoms with Gasteiger partial charge in [0, 0.05) is 56.6 Å². The fourth-order valence-corrected chi connectivity index (χ4v) is 6.72. The van der Waals surface area contributed by atoms with Crippen LogP contribution in [0.1, 0.15) is 47.2 Å². The Bertz CT molecular complexity index is 1800. The second-order valence-corrected chi connectivity index (χ2v) is 12.5. The molecule has 48 heavy (non-hydrogen) atoms. The number of amidine groups is 1. The lowest BCUT2D eigenvalue weighted by molar-refractivity contribution is -0.132. The van der Waals surface area contributed by atoms with Gasteiger partial charge >= 0.3 is 0 Å². The van der Waals surface area contributed by atoms with Crippen LogP contribution in [-0.2, 0) is 9.59 Å². The molecule has 3 aliphatic heterocycles. The van der Waals surface area contributed by atoms with Crippen LogP contribution in [0.5, 0.6) is 5.88 Å². The molecule has 3 aliphatic rings. The Kier molecular flexibility index (Phi) is 9.44. The summed E-state index contributed by atoms with van der Waals surface area (Å²) in [5.74, 6) is 1.56. The minimum atomic E-state index is -0.529. The number of anilines is 1. The van der Waals surface area contributed by atoms with Crippen molar-refractivity contribution < 1.29 is 14.3 Å². The summed E-state index contributed by atoms with van der Waals surface area (Å²) in [6.07, 6.45) is 7.33. The van der Waals surface area contributed by atoms with Gasteiger partial charge in [0.25, 0.3) is 0 Å². The fourth-order valence-electron chi connectivity index (χ4n) is 6.72. The Morgan fingerprint density at radius 3 is 2.54 bits per heavy atom. The molecule has 2 amide bonds. The lowest BCUT2D eigenvalue weighted by Crippen LogP contribution is -2.43. The third-order valence-corrected chi connectivity index (χ3v) is 9.56. The van der Waals surface area contributed by atoms with Crippen molar-refractivity contribution in [1.82, 2.24) is 19.8 Å². The highest BCUT2D eigenvalue weighted by Gasteiger charge is 2.51. The molecule has 2 aromatic heterocycles. The van der Waals surface area contributed by atoms with Gasteiger partial charge in [0.15, 0.2) is 0 Å². The largest absolute Gasteiger partial charge is 0.481 e. The number of hydrogen-bond donors (Lipinski definition) is 2. The third kappa shape index (κ3) is 6.61. The van der Waals surface area contributed by atoms with Crippen molar-refractivity contribution in [2.75, 3.05) is 58.3 Å². The first-order chi connectivity index (χ1) is 23.2. The first kappa shape index (κ1) is 32.7. The number of rotatable bonds is 9. The zero-order valence-corrected chi connectivity index (χ0v) is 27.6. The van der Waals surface area contributed by atoms with Crippen molar-refractivity contribution in [2.45, 2.75) is 26.2 Å². The fraction of sp³-hybridized carbons (Fsp3) is 0.361. The minimum absolute atomic E-state index is 0.0421. The standard InChI is InChI=1S/C36H41N9O3/c1-24-4-10-29(42-33(24)32(37)28-9-11-30(48-3)40-20-28)45-19-15-36(35(45)47)14-18-43(22-36)21-31(46)44-16-12-26(13-17-44)25-5-7-27(8-6-25)34(38)41-23-39-2/h4-12,20,23,37H,13-19,21-22H2,1-3H3,(H2,38,39,41)/t36-/m0/s1. The SMILES string of the molecule is CN=CN=C(N)c1ccc(C2=CCN(C(=O)CN3CC[C@]4(CCN(c5ccc(C)c(C(=N)c6ccc(OC)nc6)n5)C4=O)C3)CC2)cc1. The summed E-state index contributed by atoms with van der Waals surface area (Å²) in [5.41, 5.74) is 10.9. The predicted octanol–water partition coefficient (Wildman–Crippen LogP) is 3.32. The Hall–Kier alpha value is -5.23. The van der Waals surface area contributed by atoms with Crippen LogP contribution in [0.4, 0.5) is 5.82 Å². The summed E-state index contributed by atoms with van der Waals surface area (Å²) >= 11 is 0. The maximum absolute atomic E-state index is 13.9. The number of hydrogen-bond acceptors (Lipinski definition) is 8. The van der Waals surface area contributed by atoms with Crippen LogP contribution in [0.2, 0.25) is 0 Å². The van der Waals surface area contributed by atoms with E-state index in [4.69, 9.17) is 20.9 Å². The van der Waals surface area contributed by atoms with Crippen molar-refractivity contribution in [3.8, 4) is 5.88 Å². The van der Waals surface area contributed by atoms with Gasteiger partial charge in [-0.05, 0) is 61.6 Å². The van der Waals surface area contributed by atoms with Gasteiger partial charge in [0.1, 0.15) is 18.0 Å². The van der Waals surface area contributed by atoms with E-state index in [1.807, 2.05) is 48.2 Å². The summed E-state index contributed by atoms with van der Waals surface area (Å²) in [7, 11) is 3.20. The molecule has 248 valence electrons. The maximum atomic E-state index is 13.9. The number of nitrogens with two attached hydrogens (primary N) is 1. The summed E-state index contributed by atoms with van der Waals surface area (Å²) in [6, 6.07) is 15.2. The lowest BCUT2D eigenvalue weighted by atomic mass is 9.85.